The molecule has 0 unspecified atom stereocenters. The Labute approximate surface area is 120 Å². The zero-order valence-corrected chi connectivity index (χ0v) is 11.3. The number of para-hydroxylation sites is 1. The molecule has 2 heterocycles. The first kappa shape index (κ1) is 13.3. The lowest BCUT2D eigenvalue weighted by Gasteiger charge is -2.09. The zero-order chi connectivity index (χ0) is 14.8. The van der Waals surface area contributed by atoms with Crippen LogP contribution in [0.5, 0.6) is 0 Å². The monoisotopic (exact) mass is 283 g/mol. The van der Waals surface area contributed by atoms with Crippen molar-refractivity contribution in [2.45, 2.75) is 13.5 Å². The molecule has 21 heavy (non-hydrogen) atoms. The van der Waals surface area contributed by atoms with Gasteiger partial charge in [0.2, 0.25) is 0 Å². The van der Waals surface area contributed by atoms with E-state index in [4.69, 9.17) is 4.52 Å². The minimum atomic E-state index is -0.300. The number of amides is 1. The van der Waals surface area contributed by atoms with Crippen molar-refractivity contribution in [1.82, 2.24) is 10.1 Å². The second kappa shape index (κ2) is 5.34. The second-order valence-corrected chi connectivity index (χ2v) is 4.61. The maximum Gasteiger partial charge on any atom is 0.257 e. The van der Waals surface area contributed by atoms with Crippen molar-refractivity contribution in [1.29, 1.82) is 0 Å². The average molecular weight is 283 g/mol. The van der Waals surface area contributed by atoms with E-state index in [9.17, 15) is 9.90 Å². The molecule has 0 aliphatic rings. The van der Waals surface area contributed by atoms with E-state index in [0.29, 0.717) is 33.6 Å². The molecule has 106 valence electrons. The van der Waals surface area contributed by atoms with Gasteiger partial charge in [-0.2, -0.15) is 0 Å². The number of rotatable bonds is 3. The molecular weight excluding hydrogens is 270 g/mol. The fourth-order valence-corrected chi connectivity index (χ4v) is 2.04. The highest BCUT2D eigenvalue weighted by atomic mass is 16.5. The summed E-state index contributed by atoms with van der Waals surface area (Å²) < 4.78 is 5.01. The standard InChI is InChI=1S/C15H13N3O3/c1-9-12-6-11(7-16-15(12)21-18-9)14(20)17-13-5-3-2-4-10(13)8-19/h2-7,19H,8H2,1H3,(H,17,20). The van der Waals surface area contributed by atoms with E-state index in [0.717, 1.165) is 0 Å². The Balaban J connectivity index is 1.91. The van der Waals surface area contributed by atoms with Gasteiger partial charge in [0, 0.05) is 17.4 Å². The molecule has 0 fully saturated rings. The number of pyridine rings is 1. The van der Waals surface area contributed by atoms with Gasteiger partial charge < -0.3 is 14.9 Å². The summed E-state index contributed by atoms with van der Waals surface area (Å²) in [6.07, 6.45) is 1.43. The summed E-state index contributed by atoms with van der Waals surface area (Å²) in [5.74, 6) is -0.300. The second-order valence-electron chi connectivity index (χ2n) is 4.61. The van der Waals surface area contributed by atoms with Crippen LogP contribution in [-0.4, -0.2) is 21.2 Å². The Hall–Kier alpha value is -2.73. The van der Waals surface area contributed by atoms with Crippen molar-refractivity contribution in [3.05, 3.63) is 53.3 Å². The van der Waals surface area contributed by atoms with Gasteiger partial charge in [-0.05, 0) is 19.1 Å². The fraction of sp³-hybridized carbons (Fsp3) is 0.133. The summed E-state index contributed by atoms with van der Waals surface area (Å²) in [6, 6.07) is 8.77. The summed E-state index contributed by atoms with van der Waals surface area (Å²) in [5.41, 5.74) is 2.72. The Morgan fingerprint density at radius 2 is 2.19 bits per heavy atom. The van der Waals surface area contributed by atoms with Crippen LogP contribution < -0.4 is 5.32 Å². The molecule has 0 spiro atoms. The van der Waals surface area contributed by atoms with Gasteiger partial charge in [-0.15, -0.1) is 0 Å². The number of anilines is 1. The summed E-state index contributed by atoms with van der Waals surface area (Å²) in [7, 11) is 0. The molecule has 2 aromatic heterocycles. The molecule has 1 aromatic carbocycles. The number of fused-ring (bicyclic) bond motifs is 1. The number of hydrogen-bond acceptors (Lipinski definition) is 5. The van der Waals surface area contributed by atoms with E-state index >= 15 is 0 Å². The van der Waals surface area contributed by atoms with Gasteiger partial charge in [0.15, 0.2) is 0 Å². The minimum Gasteiger partial charge on any atom is -0.392 e. The summed E-state index contributed by atoms with van der Waals surface area (Å²) >= 11 is 0. The van der Waals surface area contributed by atoms with Crippen molar-refractivity contribution in [2.75, 3.05) is 5.32 Å². The maximum atomic E-state index is 12.3. The molecule has 0 saturated heterocycles. The molecular formula is C15H13N3O3. The van der Waals surface area contributed by atoms with Crippen LogP contribution in [0.25, 0.3) is 11.1 Å². The third-order valence-electron chi connectivity index (χ3n) is 3.21. The number of aliphatic hydroxyl groups is 1. The first-order chi connectivity index (χ1) is 10.2. The zero-order valence-electron chi connectivity index (χ0n) is 11.3. The lowest BCUT2D eigenvalue weighted by Crippen LogP contribution is -2.13. The Bertz CT molecular complexity index is 811. The largest absolute Gasteiger partial charge is 0.392 e. The molecule has 1 amide bonds. The molecule has 2 N–H and O–H groups in total. The van der Waals surface area contributed by atoms with Gasteiger partial charge in [0.05, 0.1) is 23.3 Å². The number of nitrogens with one attached hydrogen (secondary N) is 1. The van der Waals surface area contributed by atoms with Crippen LogP contribution in [0.2, 0.25) is 0 Å². The van der Waals surface area contributed by atoms with Crippen LogP contribution in [0.4, 0.5) is 5.69 Å². The van der Waals surface area contributed by atoms with Gasteiger partial charge in [0.25, 0.3) is 11.6 Å². The van der Waals surface area contributed by atoms with Gasteiger partial charge >= 0.3 is 0 Å². The summed E-state index contributed by atoms with van der Waals surface area (Å²) in [4.78, 5) is 16.3. The van der Waals surface area contributed by atoms with E-state index in [-0.39, 0.29) is 12.5 Å². The van der Waals surface area contributed by atoms with E-state index in [1.165, 1.54) is 6.20 Å². The quantitative estimate of drug-likeness (QED) is 0.769. The lowest BCUT2D eigenvalue weighted by molar-refractivity contribution is 0.102. The fourth-order valence-electron chi connectivity index (χ4n) is 2.04. The normalized spacial score (nSPS) is 10.8. The third-order valence-corrected chi connectivity index (χ3v) is 3.21. The molecule has 3 rings (SSSR count). The molecule has 0 radical (unpaired) electrons. The number of hydrogen-bond donors (Lipinski definition) is 2. The van der Waals surface area contributed by atoms with Crippen LogP contribution in [-0.2, 0) is 6.61 Å². The van der Waals surface area contributed by atoms with Crippen molar-refractivity contribution in [2.24, 2.45) is 0 Å². The van der Waals surface area contributed by atoms with Crippen LogP contribution in [0.1, 0.15) is 21.6 Å². The lowest BCUT2D eigenvalue weighted by atomic mass is 10.1. The molecule has 0 bridgehead atoms. The van der Waals surface area contributed by atoms with E-state index in [1.54, 1.807) is 37.3 Å². The van der Waals surface area contributed by atoms with Gasteiger partial charge in [-0.3, -0.25) is 4.79 Å². The molecule has 3 aromatic rings. The number of aryl methyl sites for hydroxylation is 1. The van der Waals surface area contributed by atoms with E-state index < -0.39 is 0 Å². The highest BCUT2D eigenvalue weighted by Gasteiger charge is 2.12. The van der Waals surface area contributed by atoms with Gasteiger partial charge in [0.1, 0.15) is 0 Å². The van der Waals surface area contributed by atoms with Crippen LogP contribution in [0.3, 0.4) is 0 Å². The van der Waals surface area contributed by atoms with Gasteiger partial charge in [-0.25, -0.2) is 4.98 Å². The highest BCUT2D eigenvalue weighted by Crippen LogP contribution is 2.19. The first-order valence-corrected chi connectivity index (χ1v) is 6.41. The van der Waals surface area contributed by atoms with Gasteiger partial charge in [-0.1, -0.05) is 23.4 Å². The molecule has 0 aliphatic heterocycles. The SMILES string of the molecule is Cc1noc2ncc(C(=O)Nc3ccccc3CO)cc12. The van der Waals surface area contributed by atoms with Crippen molar-refractivity contribution in [3.8, 4) is 0 Å². The van der Waals surface area contributed by atoms with Crippen molar-refractivity contribution < 1.29 is 14.4 Å². The number of aliphatic hydroxyl groups excluding tert-OH is 1. The van der Waals surface area contributed by atoms with E-state index in [1.807, 2.05) is 0 Å². The predicted octanol–water partition coefficient (Wildman–Crippen LogP) is 2.28. The maximum absolute atomic E-state index is 12.3. The Morgan fingerprint density at radius 3 is 3.00 bits per heavy atom. The number of carbonyl (C=O) groups is 1. The molecule has 0 saturated carbocycles. The van der Waals surface area contributed by atoms with Crippen molar-refractivity contribution >= 4 is 22.7 Å². The Morgan fingerprint density at radius 1 is 1.38 bits per heavy atom. The molecule has 6 nitrogen and oxygen atoms in total. The minimum absolute atomic E-state index is 0.140. The molecule has 0 atom stereocenters. The number of aromatic nitrogens is 2. The van der Waals surface area contributed by atoms with E-state index in [2.05, 4.69) is 15.5 Å². The predicted molar refractivity (Wildman–Crippen MR) is 76.9 cm³/mol. The Kier molecular flexibility index (Phi) is 3.37. The smallest absolute Gasteiger partial charge is 0.257 e. The molecule has 6 heteroatoms. The number of benzene rings is 1. The van der Waals surface area contributed by atoms with Crippen LogP contribution in [0, 0.1) is 6.92 Å². The highest BCUT2D eigenvalue weighted by molar-refractivity contribution is 6.06. The number of carbonyl (C=O) groups excluding carboxylic acids is 1. The average Bonchev–Trinajstić information content (AvgIpc) is 2.88. The third kappa shape index (κ3) is 2.48. The summed E-state index contributed by atoms with van der Waals surface area (Å²) in [5, 5.41) is 16.5. The summed E-state index contributed by atoms with van der Waals surface area (Å²) in [6.45, 7) is 1.65. The number of nitrogens with zero attached hydrogens (tertiary/aromatic N) is 2. The molecule has 0 aliphatic carbocycles. The van der Waals surface area contributed by atoms with Crippen LogP contribution >= 0.6 is 0 Å². The van der Waals surface area contributed by atoms with Crippen molar-refractivity contribution in [3.63, 3.8) is 0 Å². The topological polar surface area (TPSA) is 88.2 Å². The van der Waals surface area contributed by atoms with Crippen LogP contribution in [0.15, 0.2) is 41.1 Å². The first-order valence-electron chi connectivity index (χ1n) is 6.41.